The maximum atomic E-state index is 12.1. The molecule has 18 heavy (non-hydrogen) atoms. The molecule has 1 unspecified atom stereocenters. The highest BCUT2D eigenvalue weighted by Crippen LogP contribution is 2.35. The van der Waals surface area contributed by atoms with Gasteiger partial charge in [-0.2, -0.15) is 0 Å². The largest absolute Gasteiger partial charge is 0.484 e. The van der Waals surface area contributed by atoms with Gasteiger partial charge in [-0.1, -0.05) is 30.3 Å². The summed E-state index contributed by atoms with van der Waals surface area (Å²) in [5.74, 6) is 0.847. The van der Waals surface area contributed by atoms with Crippen LogP contribution >= 0.6 is 22.6 Å². The topological polar surface area (TPSA) is 26.3 Å². The van der Waals surface area contributed by atoms with Gasteiger partial charge in [0.25, 0.3) is 0 Å². The van der Waals surface area contributed by atoms with Crippen LogP contribution in [0.5, 0.6) is 5.75 Å². The molecule has 0 aliphatic carbocycles. The first-order valence-corrected chi connectivity index (χ1v) is 6.87. The Labute approximate surface area is 119 Å². The monoisotopic (exact) mass is 350 g/mol. The molecule has 0 saturated carbocycles. The fourth-order valence-electron chi connectivity index (χ4n) is 2.18. The highest BCUT2D eigenvalue weighted by molar-refractivity contribution is 14.1. The van der Waals surface area contributed by atoms with E-state index in [4.69, 9.17) is 4.74 Å². The third-order valence-electron chi connectivity index (χ3n) is 3.08. The highest BCUT2D eigenvalue weighted by atomic mass is 127. The summed E-state index contributed by atoms with van der Waals surface area (Å²) in [4.78, 5) is 12.1. The Morgan fingerprint density at radius 2 is 1.78 bits per heavy atom. The first-order valence-electron chi connectivity index (χ1n) is 5.79. The van der Waals surface area contributed by atoms with Crippen molar-refractivity contribution in [1.82, 2.24) is 0 Å². The van der Waals surface area contributed by atoms with Crippen molar-refractivity contribution in [3.63, 3.8) is 0 Å². The summed E-state index contributed by atoms with van der Waals surface area (Å²) in [5.41, 5.74) is 1.78. The smallest absolute Gasteiger partial charge is 0.170 e. The van der Waals surface area contributed by atoms with Crippen molar-refractivity contribution >= 4 is 28.4 Å². The van der Waals surface area contributed by atoms with E-state index in [1.165, 1.54) is 0 Å². The molecule has 1 aliphatic heterocycles. The number of fused-ring (bicyclic) bond motifs is 1. The van der Waals surface area contributed by atoms with Gasteiger partial charge in [0.05, 0.1) is 12.0 Å². The second-order valence-electron chi connectivity index (χ2n) is 4.25. The number of hydrogen-bond donors (Lipinski definition) is 0. The molecule has 3 rings (SSSR count). The molecule has 0 N–H and O–H groups in total. The SMILES string of the molecule is O=C1CC(c2ccccc2I)Oc2ccccc21. The number of halogens is 1. The molecule has 1 aliphatic rings. The summed E-state index contributed by atoms with van der Waals surface area (Å²) < 4.78 is 7.08. The Bertz CT molecular complexity index is 607. The van der Waals surface area contributed by atoms with Crippen molar-refractivity contribution in [1.29, 1.82) is 0 Å². The van der Waals surface area contributed by atoms with Crippen LogP contribution in [0.15, 0.2) is 48.5 Å². The second-order valence-corrected chi connectivity index (χ2v) is 5.41. The van der Waals surface area contributed by atoms with E-state index in [0.29, 0.717) is 17.7 Å². The third kappa shape index (κ3) is 2.03. The predicted octanol–water partition coefficient (Wildman–Crippen LogP) is 4.00. The van der Waals surface area contributed by atoms with Crippen molar-refractivity contribution in [3.05, 3.63) is 63.2 Å². The molecule has 2 nitrogen and oxygen atoms in total. The first kappa shape index (κ1) is 11.7. The van der Waals surface area contributed by atoms with E-state index < -0.39 is 0 Å². The summed E-state index contributed by atoms with van der Waals surface area (Å²) >= 11 is 2.28. The highest BCUT2D eigenvalue weighted by Gasteiger charge is 2.28. The minimum atomic E-state index is -0.166. The van der Waals surface area contributed by atoms with Crippen LogP contribution in [0.25, 0.3) is 0 Å². The zero-order valence-electron chi connectivity index (χ0n) is 9.60. The number of hydrogen-bond acceptors (Lipinski definition) is 2. The Kier molecular flexibility index (Phi) is 3.07. The van der Waals surface area contributed by atoms with Gasteiger partial charge in [-0.25, -0.2) is 0 Å². The molecule has 0 radical (unpaired) electrons. The molecular weight excluding hydrogens is 339 g/mol. The van der Waals surface area contributed by atoms with Crippen LogP contribution in [0.1, 0.15) is 28.4 Å². The van der Waals surface area contributed by atoms with Crippen molar-refractivity contribution in [3.8, 4) is 5.75 Å². The fourth-order valence-corrected chi connectivity index (χ4v) is 2.92. The Morgan fingerprint density at radius 3 is 2.61 bits per heavy atom. The molecule has 1 heterocycles. The minimum Gasteiger partial charge on any atom is -0.484 e. The number of benzene rings is 2. The van der Waals surface area contributed by atoms with Crippen LogP contribution in [0, 0.1) is 3.57 Å². The average molecular weight is 350 g/mol. The number of para-hydroxylation sites is 1. The third-order valence-corrected chi connectivity index (χ3v) is 4.06. The fraction of sp³-hybridized carbons (Fsp3) is 0.133. The number of carbonyl (C=O) groups excluding carboxylic acids is 1. The van der Waals surface area contributed by atoms with E-state index in [2.05, 4.69) is 22.6 Å². The molecule has 1 atom stereocenters. The summed E-state index contributed by atoms with van der Waals surface area (Å²) in [6, 6.07) is 15.5. The lowest BCUT2D eigenvalue weighted by Crippen LogP contribution is -2.20. The predicted molar refractivity (Wildman–Crippen MR) is 77.9 cm³/mol. The van der Waals surface area contributed by atoms with Gasteiger partial charge in [-0.05, 0) is 40.8 Å². The summed E-state index contributed by atoms with van der Waals surface area (Å²) in [6.07, 6.45) is 0.248. The average Bonchev–Trinajstić information content (AvgIpc) is 2.39. The van der Waals surface area contributed by atoms with E-state index in [1.807, 2.05) is 48.5 Å². The van der Waals surface area contributed by atoms with Crippen LogP contribution in [-0.2, 0) is 0 Å². The van der Waals surface area contributed by atoms with Crippen molar-refractivity contribution in [2.24, 2.45) is 0 Å². The van der Waals surface area contributed by atoms with Gasteiger partial charge in [0.2, 0.25) is 0 Å². The van der Waals surface area contributed by atoms with Crippen LogP contribution in [0.4, 0.5) is 0 Å². The van der Waals surface area contributed by atoms with E-state index in [1.54, 1.807) is 0 Å². The van der Waals surface area contributed by atoms with E-state index >= 15 is 0 Å². The van der Waals surface area contributed by atoms with Crippen LogP contribution in [0.2, 0.25) is 0 Å². The van der Waals surface area contributed by atoms with E-state index in [9.17, 15) is 4.79 Å². The lowest BCUT2D eigenvalue weighted by atomic mass is 9.96. The standard InChI is InChI=1S/C15H11IO2/c16-12-7-3-1-5-10(12)15-9-13(17)11-6-2-4-8-14(11)18-15/h1-8,15H,9H2. The molecule has 2 aromatic carbocycles. The van der Waals surface area contributed by atoms with Gasteiger partial charge in [0, 0.05) is 9.13 Å². The van der Waals surface area contributed by atoms with Gasteiger partial charge < -0.3 is 4.74 Å². The number of rotatable bonds is 1. The maximum absolute atomic E-state index is 12.1. The molecule has 2 aromatic rings. The zero-order chi connectivity index (χ0) is 12.5. The quantitative estimate of drug-likeness (QED) is 0.727. The van der Waals surface area contributed by atoms with Crippen molar-refractivity contribution in [2.75, 3.05) is 0 Å². The zero-order valence-corrected chi connectivity index (χ0v) is 11.8. The number of carbonyl (C=O) groups is 1. The van der Waals surface area contributed by atoms with Crippen LogP contribution in [0.3, 0.4) is 0 Å². The summed E-state index contributed by atoms with van der Waals surface area (Å²) in [6.45, 7) is 0. The van der Waals surface area contributed by atoms with Gasteiger partial charge in [0.1, 0.15) is 11.9 Å². The van der Waals surface area contributed by atoms with Crippen molar-refractivity contribution < 1.29 is 9.53 Å². The lowest BCUT2D eigenvalue weighted by molar-refractivity contribution is 0.0849. The minimum absolute atomic E-state index is 0.154. The number of ether oxygens (including phenoxy) is 1. The lowest BCUT2D eigenvalue weighted by Gasteiger charge is -2.26. The summed E-state index contributed by atoms with van der Waals surface area (Å²) in [5, 5.41) is 0. The maximum Gasteiger partial charge on any atom is 0.170 e. The van der Waals surface area contributed by atoms with E-state index in [-0.39, 0.29) is 11.9 Å². The molecule has 0 saturated heterocycles. The van der Waals surface area contributed by atoms with Crippen LogP contribution in [-0.4, -0.2) is 5.78 Å². The molecule has 0 aromatic heterocycles. The first-order chi connectivity index (χ1) is 8.75. The second kappa shape index (κ2) is 4.72. The normalized spacial score (nSPS) is 18.1. The van der Waals surface area contributed by atoms with E-state index in [0.717, 1.165) is 9.13 Å². The van der Waals surface area contributed by atoms with Gasteiger partial charge >= 0.3 is 0 Å². The molecule has 0 amide bonds. The van der Waals surface area contributed by atoms with Gasteiger partial charge in [-0.15, -0.1) is 0 Å². The molecule has 0 bridgehead atoms. The number of Topliss-reactive ketones (excluding diaryl/α,β-unsaturated/α-hetero) is 1. The number of ketones is 1. The molecule has 90 valence electrons. The Balaban J connectivity index is 2.00. The molecule has 0 fully saturated rings. The Hall–Kier alpha value is -1.36. The Morgan fingerprint density at radius 1 is 1.06 bits per heavy atom. The molecule has 3 heteroatoms. The van der Waals surface area contributed by atoms with Crippen molar-refractivity contribution in [2.45, 2.75) is 12.5 Å². The van der Waals surface area contributed by atoms with Crippen LogP contribution < -0.4 is 4.74 Å². The van der Waals surface area contributed by atoms with Gasteiger partial charge in [-0.3, -0.25) is 4.79 Å². The molecular formula is C15H11IO2. The summed E-state index contributed by atoms with van der Waals surface area (Å²) in [7, 11) is 0. The molecule has 0 spiro atoms. The van der Waals surface area contributed by atoms with Gasteiger partial charge in [0.15, 0.2) is 5.78 Å².